The lowest BCUT2D eigenvalue weighted by Crippen LogP contribution is -1.86. The minimum absolute atomic E-state index is 0.977. The van der Waals surface area contributed by atoms with Crippen molar-refractivity contribution >= 4 is 11.3 Å². The first-order valence-corrected chi connectivity index (χ1v) is 6.65. The molecule has 88 valence electrons. The van der Waals surface area contributed by atoms with E-state index in [-0.39, 0.29) is 0 Å². The van der Waals surface area contributed by atoms with Crippen LogP contribution in [0.25, 0.3) is 22.0 Å². The lowest BCUT2D eigenvalue weighted by atomic mass is 10.2. The van der Waals surface area contributed by atoms with E-state index in [1.807, 2.05) is 30.5 Å². The van der Waals surface area contributed by atoms with E-state index in [0.29, 0.717) is 0 Å². The zero-order valence-corrected chi connectivity index (χ0v) is 10.8. The number of benzene rings is 1. The molecule has 3 rings (SSSR count). The normalized spacial score (nSPS) is 10.5. The number of aryl methyl sites for hydroxylation is 1. The Balaban J connectivity index is 2.03. The number of aromatic nitrogens is 2. The van der Waals surface area contributed by atoms with Crippen LogP contribution in [0.5, 0.6) is 0 Å². The Morgan fingerprint density at radius 3 is 2.61 bits per heavy atom. The summed E-state index contributed by atoms with van der Waals surface area (Å²) in [6.07, 6.45) is 1.81. The molecule has 0 aliphatic carbocycles. The summed E-state index contributed by atoms with van der Waals surface area (Å²) in [6.45, 7) is 2.06. The lowest BCUT2D eigenvalue weighted by Gasteiger charge is -1.99. The van der Waals surface area contributed by atoms with Gasteiger partial charge in [-0.05, 0) is 18.6 Å². The second-order valence-corrected chi connectivity index (χ2v) is 4.93. The van der Waals surface area contributed by atoms with Gasteiger partial charge in [-0.3, -0.25) is 4.98 Å². The average molecular weight is 252 g/mol. The summed E-state index contributed by atoms with van der Waals surface area (Å²) in [5, 5.41) is 3.06. The number of thiazole rings is 1. The maximum absolute atomic E-state index is 4.67. The van der Waals surface area contributed by atoms with Crippen molar-refractivity contribution in [2.75, 3.05) is 0 Å². The molecule has 0 aliphatic heterocycles. The summed E-state index contributed by atoms with van der Waals surface area (Å²) >= 11 is 1.64. The number of hydrogen-bond acceptors (Lipinski definition) is 3. The molecule has 3 aromatic rings. The van der Waals surface area contributed by atoms with E-state index in [2.05, 4.69) is 40.5 Å². The van der Waals surface area contributed by atoms with Crippen LogP contribution in [-0.4, -0.2) is 9.97 Å². The lowest BCUT2D eigenvalue weighted by molar-refractivity contribution is 1.25. The fourth-order valence-corrected chi connectivity index (χ4v) is 2.72. The first kappa shape index (κ1) is 11.1. The number of rotatable bonds is 2. The van der Waals surface area contributed by atoms with E-state index < -0.39 is 0 Å². The molecule has 0 aliphatic rings. The zero-order chi connectivity index (χ0) is 12.4. The number of hydrogen-bond donors (Lipinski definition) is 0. The predicted octanol–water partition coefficient (Wildman–Crippen LogP) is 4.18. The van der Waals surface area contributed by atoms with E-state index in [4.69, 9.17) is 0 Å². The molecule has 0 saturated carbocycles. The van der Waals surface area contributed by atoms with Crippen LogP contribution in [0.2, 0.25) is 0 Å². The van der Waals surface area contributed by atoms with Gasteiger partial charge in [0.1, 0.15) is 10.7 Å². The maximum atomic E-state index is 4.67. The highest BCUT2D eigenvalue weighted by Crippen LogP contribution is 2.28. The zero-order valence-electron chi connectivity index (χ0n) is 10.00. The highest BCUT2D eigenvalue weighted by molar-refractivity contribution is 7.13. The molecule has 2 heterocycles. The minimum Gasteiger partial charge on any atom is -0.253 e. The molecular weight excluding hydrogens is 240 g/mol. The van der Waals surface area contributed by atoms with E-state index in [1.54, 1.807) is 11.3 Å². The van der Waals surface area contributed by atoms with Gasteiger partial charge >= 0.3 is 0 Å². The largest absolute Gasteiger partial charge is 0.253 e. The van der Waals surface area contributed by atoms with Crippen LogP contribution in [0.3, 0.4) is 0 Å². The van der Waals surface area contributed by atoms with Gasteiger partial charge in [0, 0.05) is 17.1 Å². The first-order chi connectivity index (χ1) is 8.84. The Labute approximate surface area is 110 Å². The molecule has 0 atom stereocenters. The van der Waals surface area contributed by atoms with Crippen LogP contribution in [0.1, 0.15) is 5.56 Å². The summed E-state index contributed by atoms with van der Waals surface area (Å²) < 4.78 is 0. The first-order valence-electron chi connectivity index (χ1n) is 5.77. The van der Waals surface area contributed by atoms with Crippen molar-refractivity contribution < 1.29 is 0 Å². The molecule has 0 saturated heterocycles. The molecule has 2 nitrogen and oxygen atoms in total. The number of nitrogens with zero attached hydrogens (tertiary/aromatic N) is 2. The molecule has 0 bridgehead atoms. The molecule has 2 aromatic heterocycles. The highest BCUT2D eigenvalue weighted by atomic mass is 32.1. The molecule has 3 heteroatoms. The van der Waals surface area contributed by atoms with Crippen LogP contribution in [-0.2, 0) is 0 Å². The van der Waals surface area contributed by atoms with Crippen LogP contribution < -0.4 is 0 Å². The van der Waals surface area contributed by atoms with Crippen molar-refractivity contribution in [1.82, 2.24) is 9.97 Å². The van der Waals surface area contributed by atoms with Crippen molar-refractivity contribution in [1.29, 1.82) is 0 Å². The molecule has 0 N–H and O–H groups in total. The highest BCUT2D eigenvalue weighted by Gasteiger charge is 2.09. The number of pyridine rings is 1. The molecule has 0 radical (unpaired) electrons. The molecule has 0 spiro atoms. The van der Waals surface area contributed by atoms with Gasteiger partial charge in [-0.2, -0.15) is 0 Å². The van der Waals surface area contributed by atoms with Gasteiger partial charge < -0.3 is 0 Å². The predicted molar refractivity (Wildman–Crippen MR) is 75.5 cm³/mol. The maximum Gasteiger partial charge on any atom is 0.142 e. The van der Waals surface area contributed by atoms with Crippen molar-refractivity contribution in [3.8, 4) is 22.0 Å². The van der Waals surface area contributed by atoms with Gasteiger partial charge in [0.2, 0.25) is 0 Å². The molecule has 1 aromatic carbocycles. The Morgan fingerprint density at radius 1 is 1.00 bits per heavy atom. The Hall–Kier alpha value is -2.00. The van der Waals surface area contributed by atoms with Crippen molar-refractivity contribution in [2.45, 2.75) is 6.92 Å². The van der Waals surface area contributed by atoms with Crippen molar-refractivity contribution in [3.63, 3.8) is 0 Å². The van der Waals surface area contributed by atoms with Crippen LogP contribution in [0.15, 0.2) is 54.0 Å². The Morgan fingerprint density at radius 2 is 1.83 bits per heavy atom. The molecule has 18 heavy (non-hydrogen) atoms. The van der Waals surface area contributed by atoms with Gasteiger partial charge in [0.05, 0.1) is 5.69 Å². The quantitative estimate of drug-likeness (QED) is 0.683. The van der Waals surface area contributed by atoms with Crippen LogP contribution in [0, 0.1) is 6.92 Å². The van der Waals surface area contributed by atoms with Gasteiger partial charge in [0.15, 0.2) is 0 Å². The second kappa shape index (κ2) is 4.70. The van der Waals surface area contributed by atoms with E-state index >= 15 is 0 Å². The van der Waals surface area contributed by atoms with Crippen molar-refractivity contribution in [2.24, 2.45) is 0 Å². The summed E-state index contributed by atoms with van der Waals surface area (Å²) in [6, 6.07) is 14.2. The van der Waals surface area contributed by atoms with Gasteiger partial charge in [-0.1, -0.05) is 36.4 Å². The summed E-state index contributed by atoms with van der Waals surface area (Å²) in [5.74, 6) is 0. The molecular formula is C15H12N2S. The summed E-state index contributed by atoms with van der Waals surface area (Å²) in [4.78, 5) is 9.07. The van der Waals surface area contributed by atoms with E-state index in [0.717, 1.165) is 27.5 Å². The Bertz CT molecular complexity index is 659. The smallest absolute Gasteiger partial charge is 0.142 e. The standard InChI is InChI=1S/C15H12N2S/c1-11-6-5-9-16-14(11)15-17-13(10-18-15)12-7-3-2-4-8-12/h2-10H,1H3. The van der Waals surface area contributed by atoms with Gasteiger partial charge in [-0.15, -0.1) is 11.3 Å². The third-order valence-electron chi connectivity index (χ3n) is 2.79. The fraction of sp³-hybridized carbons (Fsp3) is 0.0667. The van der Waals surface area contributed by atoms with E-state index in [1.165, 1.54) is 0 Å². The van der Waals surface area contributed by atoms with Crippen molar-refractivity contribution in [3.05, 3.63) is 59.6 Å². The Kier molecular flexibility index (Phi) is 2.90. The van der Waals surface area contributed by atoms with Crippen LogP contribution in [0.4, 0.5) is 0 Å². The SMILES string of the molecule is Cc1cccnc1-c1nc(-c2ccccc2)cs1. The van der Waals surface area contributed by atoms with Gasteiger partial charge in [-0.25, -0.2) is 4.98 Å². The average Bonchev–Trinajstić information content (AvgIpc) is 2.90. The van der Waals surface area contributed by atoms with Gasteiger partial charge in [0.25, 0.3) is 0 Å². The molecule has 0 unspecified atom stereocenters. The topological polar surface area (TPSA) is 25.8 Å². The monoisotopic (exact) mass is 252 g/mol. The summed E-state index contributed by atoms with van der Waals surface area (Å²) in [5.41, 5.74) is 4.30. The van der Waals surface area contributed by atoms with Crippen LogP contribution >= 0.6 is 11.3 Å². The summed E-state index contributed by atoms with van der Waals surface area (Å²) in [7, 11) is 0. The fourth-order valence-electron chi connectivity index (χ4n) is 1.83. The molecule has 0 amide bonds. The minimum atomic E-state index is 0.977. The second-order valence-electron chi connectivity index (χ2n) is 4.07. The molecule has 0 fully saturated rings. The van der Waals surface area contributed by atoms with E-state index in [9.17, 15) is 0 Å². The third kappa shape index (κ3) is 2.05. The third-order valence-corrected chi connectivity index (χ3v) is 3.63.